The Morgan fingerprint density at radius 3 is 2.41 bits per heavy atom. The summed E-state index contributed by atoms with van der Waals surface area (Å²) in [7, 11) is 4.05. The summed E-state index contributed by atoms with van der Waals surface area (Å²) < 4.78 is 1.96. The fraction of sp³-hybridized carbons (Fsp3) is 0.524. The number of rotatable bonds is 5. The van der Waals surface area contributed by atoms with Gasteiger partial charge in [0.2, 0.25) is 0 Å². The van der Waals surface area contributed by atoms with Gasteiger partial charge in [0.1, 0.15) is 23.8 Å². The Balaban J connectivity index is 1.36. The molecule has 8 heteroatoms. The number of nitrogens with zero attached hydrogens (tertiary/aromatic N) is 8. The van der Waals surface area contributed by atoms with E-state index in [4.69, 9.17) is 0 Å². The first-order chi connectivity index (χ1) is 14.1. The van der Waals surface area contributed by atoms with Crippen LogP contribution in [0.5, 0.6) is 0 Å². The highest BCUT2D eigenvalue weighted by molar-refractivity contribution is 5.53. The molecule has 0 amide bonds. The topological polar surface area (TPSA) is 65.7 Å². The molecule has 29 heavy (non-hydrogen) atoms. The Morgan fingerprint density at radius 2 is 1.69 bits per heavy atom. The molecule has 0 atom stereocenters. The highest BCUT2D eigenvalue weighted by Gasteiger charge is 2.37. The van der Waals surface area contributed by atoms with Crippen LogP contribution in [0.15, 0.2) is 30.7 Å². The number of aryl methyl sites for hydroxylation is 1. The predicted molar refractivity (Wildman–Crippen MR) is 115 cm³/mol. The fourth-order valence-electron chi connectivity index (χ4n) is 4.36. The van der Waals surface area contributed by atoms with E-state index in [1.54, 1.807) is 6.33 Å². The van der Waals surface area contributed by atoms with Crippen molar-refractivity contribution in [2.45, 2.75) is 44.7 Å². The van der Waals surface area contributed by atoms with Gasteiger partial charge in [-0.2, -0.15) is 9.61 Å². The van der Waals surface area contributed by atoms with Crippen molar-refractivity contribution in [2.24, 2.45) is 0 Å². The van der Waals surface area contributed by atoms with Crippen LogP contribution in [0.3, 0.4) is 0 Å². The van der Waals surface area contributed by atoms with Crippen LogP contribution in [0.4, 0.5) is 17.5 Å². The molecule has 152 valence electrons. The van der Waals surface area contributed by atoms with Crippen LogP contribution in [0.2, 0.25) is 0 Å². The molecule has 5 rings (SSSR count). The molecule has 0 spiro atoms. The summed E-state index contributed by atoms with van der Waals surface area (Å²) in [6, 6.07) is 7.38. The number of hydrogen-bond donors (Lipinski definition) is 0. The summed E-state index contributed by atoms with van der Waals surface area (Å²) >= 11 is 0. The Bertz CT molecular complexity index is 1000. The van der Waals surface area contributed by atoms with Crippen molar-refractivity contribution in [3.63, 3.8) is 0 Å². The van der Waals surface area contributed by atoms with Crippen molar-refractivity contribution in [1.82, 2.24) is 24.6 Å². The summed E-state index contributed by atoms with van der Waals surface area (Å²) in [5, 5.41) is 4.48. The lowest BCUT2D eigenvalue weighted by Gasteiger charge is -2.40. The van der Waals surface area contributed by atoms with E-state index in [-0.39, 0.29) is 0 Å². The summed E-state index contributed by atoms with van der Waals surface area (Å²) in [6.07, 6.45) is 8.27. The molecular formula is C21H28N8. The molecule has 2 aliphatic rings. The van der Waals surface area contributed by atoms with Crippen LogP contribution in [0, 0.1) is 6.92 Å². The molecule has 0 N–H and O–H groups in total. The largest absolute Gasteiger partial charge is 0.363 e. The SMILES string of the molecule is Cc1cc(N2CCC(N(c3cc(N(C)C)ncn3)C3CC3)CC2)n2nccc2n1. The van der Waals surface area contributed by atoms with Gasteiger partial charge in [-0.05, 0) is 32.6 Å². The van der Waals surface area contributed by atoms with Crippen molar-refractivity contribution in [1.29, 1.82) is 0 Å². The van der Waals surface area contributed by atoms with Crippen molar-refractivity contribution in [2.75, 3.05) is 41.9 Å². The monoisotopic (exact) mass is 392 g/mol. The van der Waals surface area contributed by atoms with Gasteiger partial charge in [0, 0.05) is 63.2 Å². The molecule has 0 radical (unpaired) electrons. The van der Waals surface area contributed by atoms with Crippen molar-refractivity contribution in [3.05, 3.63) is 36.4 Å². The number of hydrogen-bond acceptors (Lipinski definition) is 7. The number of aromatic nitrogens is 5. The van der Waals surface area contributed by atoms with Gasteiger partial charge in [-0.3, -0.25) is 0 Å². The van der Waals surface area contributed by atoms with E-state index >= 15 is 0 Å². The molecular weight excluding hydrogens is 364 g/mol. The van der Waals surface area contributed by atoms with Crippen molar-refractivity contribution < 1.29 is 0 Å². The standard InChI is InChI=1S/C21H28N8/c1-15-12-21(29-18(25-15)6-9-24-29)27-10-7-17(8-11-27)28(16-4-5-16)20-13-19(26(2)3)22-14-23-20/h6,9,12-14,16-17H,4-5,7-8,10-11H2,1-3H3. The van der Waals surface area contributed by atoms with Crippen LogP contribution in [0.1, 0.15) is 31.4 Å². The van der Waals surface area contributed by atoms with Crippen LogP contribution in [0.25, 0.3) is 5.65 Å². The zero-order chi connectivity index (χ0) is 20.0. The molecule has 1 aliphatic carbocycles. The molecule has 4 heterocycles. The normalized spacial score (nSPS) is 17.7. The minimum absolute atomic E-state index is 0.514. The number of anilines is 3. The van der Waals surface area contributed by atoms with E-state index < -0.39 is 0 Å². The molecule has 3 aromatic heterocycles. The quantitative estimate of drug-likeness (QED) is 0.661. The summed E-state index contributed by atoms with van der Waals surface area (Å²) in [4.78, 5) is 20.7. The minimum atomic E-state index is 0.514. The maximum absolute atomic E-state index is 4.63. The predicted octanol–water partition coefficient (Wildman–Crippen LogP) is 2.53. The van der Waals surface area contributed by atoms with E-state index in [0.29, 0.717) is 12.1 Å². The van der Waals surface area contributed by atoms with Crippen LogP contribution in [-0.4, -0.2) is 63.8 Å². The second-order valence-corrected chi connectivity index (χ2v) is 8.34. The van der Waals surface area contributed by atoms with Gasteiger partial charge in [-0.1, -0.05) is 0 Å². The summed E-state index contributed by atoms with van der Waals surface area (Å²) in [6.45, 7) is 4.07. The van der Waals surface area contributed by atoms with Gasteiger partial charge in [-0.25, -0.2) is 15.0 Å². The lowest BCUT2D eigenvalue weighted by molar-refractivity contribution is 0.455. The smallest absolute Gasteiger partial charge is 0.157 e. The summed E-state index contributed by atoms with van der Waals surface area (Å²) in [5.74, 6) is 3.18. The maximum Gasteiger partial charge on any atom is 0.157 e. The second-order valence-electron chi connectivity index (χ2n) is 8.34. The van der Waals surface area contributed by atoms with E-state index in [1.807, 2.05) is 35.8 Å². The molecule has 2 fully saturated rings. The van der Waals surface area contributed by atoms with Crippen LogP contribution in [-0.2, 0) is 0 Å². The number of fused-ring (bicyclic) bond motifs is 1. The minimum Gasteiger partial charge on any atom is -0.363 e. The van der Waals surface area contributed by atoms with Crippen molar-refractivity contribution in [3.8, 4) is 0 Å². The molecule has 0 aromatic carbocycles. The lowest BCUT2D eigenvalue weighted by Crippen LogP contribution is -2.47. The summed E-state index contributed by atoms with van der Waals surface area (Å²) in [5.41, 5.74) is 1.95. The van der Waals surface area contributed by atoms with Gasteiger partial charge in [0.25, 0.3) is 0 Å². The average molecular weight is 393 g/mol. The molecule has 1 saturated carbocycles. The third-order valence-corrected chi connectivity index (χ3v) is 5.95. The van der Waals surface area contributed by atoms with E-state index in [1.165, 1.54) is 12.8 Å². The van der Waals surface area contributed by atoms with Gasteiger partial charge >= 0.3 is 0 Å². The van der Waals surface area contributed by atoms with E-state index in [0.717, 1.165) is 54.7 Å². The molecule has 0 unspecified atom stereocenters. The van der Waals surface area contributed by atoms with Crippen molar-refractivity contribution >= 4 is 23.1 Å². The number of piperidine rings is 1. The third kappa shape index (κ3) is 3.47. The maximum atomic E-state index is 4.63. The first-order valence-electron chi connectivity index (χ1n) is 10.4. The Hall–Kier alpha value is -2.90. The van der Waals surface area contributed by atoms with Gasteiger partial charge in [-0.15, -0.1) is 0 Å². The second kappa shape index (κ2) is 7.17. The first kappa shape index (κ1) is 18.1. The molecule has 0 bridgehead atoms. The van der Waals surface area contributed by atoms with Gasteiger partial charge in [0.05, 0.1) is 6.20 Å². The Kier molecular flexibility index (Phi) is 4.49. The van der Waals surface area contributed by atoms with E-state index in [2.05, 4.69) is 48.9 Å². The molecule has 8 nitrogen and oxygen atoms in total. The Labute approximate surface area is 171 Å². The lowest BCUT2D eigenvalue weighted by atomic mass is 10.0. The zero-order valence-electron chi connectivity index (χ0n) is 17.4. The first-order valence-corrected chi connectivity index (χ1v) is 10.4. The Morgan fingerprint density at radius 1 is 0.966 bits per heavy atom. The van der Waals surface area contributed by atoms with E-state index in [9.17, 15) is 0 Å². The van der Waals surface area contributed by atoms with Gasteiger partial charge < -0.3 is 14.7 Å². The zero-order valence-corrected chi connectivity index (χ0v) is 17.4. The molecule has 1 saturated heterocycles. The third-order valence-electron chi connectivity index (χ3n) is 5.95. The highest BCUT2D eigenvalue weighted by Crippen LogP contribution is 2.36. The van der Waals surface area contributed by atoms with Crippen LogP contribution >= 0.6 is 0 Å². The highest BCUT2D eigenvalue weighted by atomic mass is 15.4. The fourth-order valence-corrected chi connectivity index (χ4v) is 4.36. The van der Waals surface area contributed by atoms with Crippen LogP contribution < -0.4 is 14.7 Å². The van der Waals surface area contributed by atoms with Gasteiger partial charge in [0.15, 0.2) is 5.65 Å². The molecule has 3 aromatic rings. The molecule has 1 aliphatic heterocycles. The average Bonchev–Trinajstić information content (AvgIpc) is 3.44.